The molecule has 218 valence electrons. The molecule has 0 bridgehead atoms. The molecule has 0 heterocycles. The summed E-state index contributed by atoms with van der Waals surface area (Å²) in [6.45, 7) is 7.89. The van der Waals surface area contributed by atoms with Crippen LogP contribution in [0.4, 0.5) is 0 Å². The van der Waals surface area contributed by atoms with Crippen LogP contribution in [-0.4, -0.2) is 53.1 Å². The lowest BCUT2D eigenvalue weighted by atomic mass is 9.85. The molecule has 1 aliphatic carbocycles. The second-order valence-corrected chi connectivity index (χ2v) is 11.8. The van der Waals surface area contributed by atoms with Crippen LogP contribution < -0.4 is 10.6 Å². The molecule has 1 atom stereocenters. The van der Waals surface area contributed by atoms with Crippen molar-refractivity contribution in [3.63, 3.8) is 0 Å². The Hall–Kier alpha value is -3.48. The van der Waals surface area contributed by atoms with Crippen LogP contribution >= 0.6 is 0 Å². The van der Waals surface area contributed by atoms with Crippen molar-refractivity contribution in [3.05, 3.63) is 95.1 Å². The van der Waals surface area contributed by atoms with Gasteiger partial charge in [-0.3, -0.25) is 9.69 Å². The smallest absolute Gasteiger partial charge is 0.326 e. The van der Waals surface area contributed by atoms with Gasteiger partial charge in [0.1, 0.15) is 6.04 Å². The van der Waals surface area contributed by atoms with Crippen LogP contribution in [0.1, 0.15) is 73.0 Å². The minimum absolute atomic E-state index is 0.0937. The highest BCUT2D eigenvalue weighted by molar-refractivity contribution is 6.02. The highest BCUT2D eigenvalue weighted by atomic mass is 16.4. The predicted octanol–water partition coefficient (Wildman–Crippen LogP) is 6.22. The average molecular weight is 556 g/mol. The van der Waals surface area contributed by atoms with Gasteiger partial charge in [-0.15, -0.1) is 0 Å². The van der Waals surface area contributed by atoms with Crippen molar-refractivity contribution in [2.45, 2.75) is 83.5 Å². The maximum absolute atomic E-state index is 13.5. The first-order valence-electron chi connectivity index (χ1n) is 14.9. The van der Waals surface area contributed by atoms with Crippen molar-refractivity contribution < 1.29 is 14.7 Å². The molecular formula is C35H45N3O3. The Morgan fingerprint density at radius 3 is 2.24 bits per heavy atom. The zero-order valence-corrected chi connectivity index (χ0v) is 25.0. The molecule has 1 fully saturated rings. The van der Waals surface area contributed by atoms with Gasteiger partial charge in [0.2, 0.25) is 0 Å². The predicted molar refractivity (Wildman–Crippen MR) is 166 cm³/mol. The Morgan fingerprint density at radius 2 is 1.61 bits per heavy atom. The lowest BCUT2D eigenvalue weighted by Crippen LogP contribution is -2.51. The number of benzene rings is 3. The average Bonchev–Trinajstić information content (AvgIpc) is 3.43. The van der Waals surface area contributed by atoms with Crippen LogP contribution in [0, 0.1) is 6.92 Å². The van der Waals surface area contributed by atoms with Crippen LogP contribution in [-0.2, 0) is 17.8 Å². The molecule has 3 aromatic rings. The summed E-state index contributed by atoms with van der Waals surface area (Å²) in [6.07, 6.45) is 6.16. The minimum Gasteiger partial charge on any atom is -0.480 e. The number of carboxylic acid groups (broad SMARTS) is 1. The molecule has 0 radical (unpaired) electrons. The number of nitrogens with one attached hydrogen (secondary N) is 2. The van der Waals surface area contributed by atoms with E-state index in [0.29, 0.717) is 24.6 Å². The van der Waals surface area contributed by atoms with Crippen LogP contribution in [0.15, 0.2) is 72.8 Å². The highest BCUT2D eigenvalue weighted by Crippen LogP contribution is 2.41. The fourth-order valence-corrected chi connectivity index (χ4v) is 6.44. The fourth-order valence-electron chi connectivity index (χ4n) is 6.44. The Labute approximate surface area is 245 Å². The van der Waals surface area contributed by atoms with Crippen molar-refractivity contribution in [1.29, 1.82) is 0 Å². The molecule has 6 nitrogen and oxygen atoms in total. The summed E-state index contributed by atoms with van der Waals surface area (Å²) in [5.41, 5.74) is 6.00. The van der Waals surface area contributed by atoms with Gasteiger partial charge >= 0.3 is 5.97 Å². The quantitative estimate of drug-likeness (QED) is 0.233. The number of amides is 1. The van der Waals surface area contributed by atoms with Gasteiger partial charge in [-0.1, -0.05) is 73.5 Å². The van der Waals surface area contributed by atoms with E-state index in [2.05, 4.69) is 65.8 Å². The van der Waals surface area contributed by atoms with E-state index in [9.17, 15) is 14.7 Å². The number of aliphatic carboxylic acids is 1. The third-order valence-electron chi connectivity index (χ3n) is 8.55. The van der Waals surface area contributed by atoms with E-state index in [4.69, 9.17) is 0 Å². The van der Waals surface area contributed by atoms with Crippen molar-refractivity contribution >= 4 is 11.9 Å². The molecular weight excluding hydrogens is 510 g/mol. The van der Waals surface area contributed by atoms with E-state index >= 15 is 0 Å². The molecule has 0 spiro atoms. The number of hydrogen-bond donors (Lipinski definition) is 3. The first-order valence-corrected chi connectivity index (χ1v) is 14.9. The number of nitrogens with zero attached hydrogens (tertiary/aromatic N) is 1. The van der Waals surface area contributed by atoms with E-state index in [1.54, 1.807) is 7.05 Å². The summed E-state index contributed by atoms with van der Waals surface area (Å²) in [7, 11) is 1.77. The molecule has 1 unspecified atom stereocenters. The summed E-state index contributed by atoms with van der Waals surface area (Å²) in [6, 6.07) is 24.3. The second kappa shape index (κ2) is 13.9. The molecule has 1 aliphatic rings. The van der Waals surface area contributed by atoms with E-state index in [1.807, 2.05) is 43.3 Å². The van der Waals surface area contributed by atoms with E-state index in [0.717, 1.165) is 35.2 Å². The molecule has 6 heteroatoms. The largest absolute Gasteiger partial charge is 0.480 e. The molecule has 1 amide bonds. The van der Waals surface area contributed by atoms with Crippen LogP contribution in [0.25, 0.3) is 11.1 Å². The first-order chi connectivity index (χ1) is 19.7. The number of hydrogen-bond acceptors (Lipinski definition) is 4. The van der Waals surface area contributed by atoms with Gasteiger partial charge < -0.3 is 15.7 Å². The summed E-state index contributed by atoms with van der Waals surface area (Å²) in [5, 5.41) is 15.4. The Balaban J connectivity index is 1.70. The Bertz CT molecular complexity index is 1320. The molecule has 0 saturated heterocycles. The third kappa shape index (κ3) is 7.43. The van der Waals surface area contributed by atoms with E-state index in [-0.39, 0.29) is 11.4 Å². The van der Waals surface area contributed by atoms with Crippen molar-refractivity contribution in [1.82, 2.24) is 15.5 Å². The lowest BCUT2D eigenvalue weighted by Gasteiger charge is -2.45. The third-order valence-corrected chi connectivity index (χ3v) is 8.55. The first kappa shape index (κ1) is 30.5. The van der Waals surface area contributed by atoms with Crippen molar-refractivity contribution in [2.75, 3.05) is 13.6 Å². The maximum Gasteiger partial charge on any atom is 0.326 e. The zero-order valence-electron chi connectivity index (χ0n) is 25.0. The minimum atomic E-state index is -1.03. The lowest BCUT2D eigenvalue weighted by molar-refractivity contribution is -0.139. The number of aryl methyl sites for hydroxylation is 1. The normalized spacial score (nSPS) is 15.3. The monoisotopic (exact) mass is 555 g/mol. The van der Waals surface area contributed by atoms with Crippen LogP contribution in [0.2, 0.25) is 0 Å². The summed E-state index contributed by atoms with van der Waals surface area (Å²) in [4.78, 5) is 28.1. The Kier molecular flexibility index (Phi) is 10.4. The topological polar surface area (TPSA) is 81.7 Å². The summed E-state index contributed by atoms with van der Waals surface area (Å²) >= 11 is 0. The van der Waals surface area contributed by atoms with Crippen molar-refractivity contribution in [2.24, 2.45) is 0 Å². The van der Waals surface area contributed by atoms with Gasteiger partial charge in [-0.2, -0.15) is 0 Å². The summed E-state index contributed by atoms with van der Waals surface area (Å²) in [5.74, 6) is -1.40. The van der Waals surface area contributed by atoms with Crippen molar-refractivity contribution in [3.8, 4) is 11.1 Å². The molecule has 4 rings (SSSR count). The second-order valence-electron chi connectivity index (χ2n) is 11.8. The number of rotatable bonds is 13. The van der Waals surface area contributed by atoms with Gasteiger partial charge in [0.15, 0.2) is 0 Å². The van der Waals surface area contributed by atoms with Gasteiger partial charge in [-0.25, -0.2) is 4.79 Å². The molecule has 41 heavy (non-hydrogen) atoms. The SMILES string of the molecule is CNCCC(NC(=O)c1ccc(CN(C(C)C)C2(Cc3ccccc3)CCCC2)cc1-c1ccccc1C)C(=O)O. The molecule has 0 aliphatic heterocycles. The van der Waals surface area contributed by atoms with E-state index < -0.39 is 12.0 Å². The van der Waals surface area contributed by atoms with Gasteiger partial charge in [0.05, 0.1) is 0 Å². The Morgan fingerprint density at radius 1 is 0.927 bits per heavy atom. The maximum atomic E-state index is 13.5. The molecule has 1 saturated carbocycles. The molecule has 0 aromatic heterocycles. The number of carbonyl (C=O) groups excluding carboxylic acids is 1. The standard InChI is InChI=1S/C35H45N3O3/c1-25(2)38(35(19-10-11-20-35)23-27-13-6-5-7-14-27)24-28-16-17-30(31(22-28)29-15-9-8-12-26(29)3)33(39)37-32(34(40)41)18-21-36-4/h5-9,12-17,22,25,32,36H,10-11,18-21,23-24H2,1-4H3,(H,37,39)(H,40,41). The summed E-state index contributed by atoms with van der Waals surface area (Å²) < 4.78 is 0. The van der Waals surface area contributed by atoms with Gasteiger partial charge in [0, 0.05) is 23.7 Å². The number of carboxylic acids is 1. The van der Waals surface area contributed by atoms with Gasteiger partial charge in [0.25, 0.3) is 5.91 Å². The zero-order chi connectivity index (χ0) is 29.4. The number of carbonyl (C=O) groups is 2. The molecule has 3 N–H and O–H groups in total. The fraction of sp³-hybridized carbons (Fsp3) is 0.429. The molecule has 3 aromatic carbocycles. The van der Waals surface area contributed by atoms with Crippen LogP contribution in [0.5, 0.6) is 0 Å². The highest BCUT2D eigenvalue weighted by Gasteiger charge is 2.40. The van der Waals surface area contributed by atoms with Crippen LogP contribution in [0.3, 0.4) is 0 Å². The van der Waals surface area contributed by atoms with Gasteiger partial charge in [-0.05, 0) is 100.0 Å². The van der Waals surface area contributed by atoms with E-state index in [1.165, 1.54) is 31.2 Å².